The predicted molar refractivity (Wildman–Crippen MR) is 111 cm³/mol. The maximum Gasteiger partial charge on any atom is 0.262 e. The van der Waals surface area contributed by atoms with Crippen molar-refractivity contribution in [2.24, 2.45) is 0 Å². The Morgan fingerprint density at radius 2 is 1.52 bits per heavy atom. The number of carbonyl (C=O) groups is 1. The molecule has 1 N–H and O–H groups in total. The summed E-state index contributed by atoms with van der Waals surface area (Å²) in [7, 11) is -3.47. The summed E-state index contributed by atoms with van der Waals surface area (Å²) < 4.78 is 37.6. The first-order valence-electron chi connectivity index (χ1n) is 9.75. The van der Waals surface area contributed by atoms with Gasteiger partial charge in [-0.25, -0.2) is 8.42 Å². The molecular weight excluding hydrogens is 392 g/mol. The monoisotopic (exact) mass is 418 g/mol. The minimum absolute atomic E-state index is 0.175. The molecule has 3 rings (SSSR count). The summed E-state index contributed by atoms with van der Waals surface area (Å²) in [4.78, 5) is 12.3. The van der Waals surface area contributed by atoms with E-state index in [9.17, 15) is 13.2 Å². The van der Waals surface area contributed by atoms with Gasteiger partial charge in [-0.2, -0.15) is 4.31 Å². The van der Waals surface area contributed by atoms with Gasteiger partial charge in [0.15, 0.2) is 6.61 Å². The highest BCUT2D eigenvalue weighted by Crippen LogP contribution is 2.23. The molecule has 1 amide bonds. The van der Waals surface area contributed by atoms with E-state index in [1.54, 1.807) is 36.4 Å². The van der Waals surface area contributed by atoms with Gasteiger partial charge in [0.2, 0.25) is 10.0 Å². The number of hydrogen-bond donors (Lipinski definition) is 1. The lowest BCUT2D eigenvalue weighted by atomic mass is 10.2. The minimum atomic E-state index is -3.47. The summed E-state index contributed by atoms with van der Waals surface area (Å²) in [5.41, 5.74) is 0.644. The molecule has 156 valence electrons. The number of nitrogens with zero attached hydrogens (tertiary/aromatic N) is 1. The zero-order valence-electron chi connectivity index (χ0n) is 16.5. The van der Waals surface area contributed by atoms with E-state index in [-0.39, 0.29) is 17.4 Å². The van der Waals surface area contributed by atoms with E-state index in [0.717, 1.165) is 25.0 Å². The van der Waals surface area contributed by atoms with Crippen molar-refractivity contribution in [1.82, 2.24) is 4.31 Å². The third-order valence-electron chi connectivity index (χ3n) is 4.60. The van der Waals surface area contributed by atoms with Crippen LogP contribution in [0.1, 0.15) is 26.2 Å². The summed E-state index contributed by atoms with van der Waals surface area (Å²) in [5.74, 6) is 0.866. The van der Waals surface area contributed by atoms with Gasteiger partial charge in [-0.3, -0.25) is 4.79 Å². The van der Waals surface area contributed by atoms with Gasteiger partial charge in [-0.15, -0.1) is 0 Å². The van der Waals surface area contributed by atoms with Gasteiger partial charge in [0.25, 0.3) is 5.91 Å². The van der Waals surface area contributed by atoms with Crippen LogP contribution < -0.4 is 14.8 Å². The Labute approximate surface area is 171 Å². The lowest BCUT2D eigenvalue weighted by Gasteiger charge is -2.25. The number of ether oxygens (including phenoxy) is 2. The summed E-state index contributed by atoms with van der Waals surface area (Å²) in [5, 5.41) is 2.74. The van der Waals surface area contributed by atoms with Crippen molar-refractivity contribution in [2.75, 3.05) is 31.6 Å². The molecule has 2 aromatic carbocycles. The standard InChI is InChI=1S/C21H26N2O5S/c1-2-27-18-8-6-17(7-9-18)22-21(24)16-28-19-10-12-20(13-11-19)29(25,26)23-14-4-3-5-15-23/h6-13H,2-5,14-16H2,1H3,(H,22,24). The van der Waals surface area contributed by atoms with Crippen LogP contribution >= 0.6 is 0 Å². The summed E-state index contributed by atoms with van der Waals surface area (Å²) in [6.45, 7) is 3.43. The topological polar surface area (TPSA) is 84.9 Å². The van der Waals surface area contributed by atoms with Crippen LogP contribution in [0.15, 0.2) is 53.4 Å². The maximum absolute atomic E-state index is 12.6. The van der Waals surface area contributed by atoms with Crippen molar-refractivity contribution in [3.8, 4) is 11.5 Å². The molecule has 0 aliphatic carbocycles. The Balaban J connectivity index is 1.52. The smallest absolute Gasteiger partial charge is 0.262 e. The maximum atomic E-state index is 12.6. The predicted octanol–water partition coefficient (Wildman–Crippen LogP) is 3.28. The van der Waals surface area contributed by atoms with Crippen LogP contribution in [0.25, 0.3) is 0 Å². The lowest BCUT2D eigenvalue weighted by Crippen LogP contribution is -2.35. The molecule has 1 fully saturated rings. The molecular formula is C21H26N2O5S. The summed E-state index contributed by atoms with van der Waals surface area (Å²) >= 11 is 0. The molecule has 1 heterocycles. The number of hydrogen-bond acceptors (Lipinski definition) is 5. The fourth-order valence-electron chi connectivity index (χ4n) is 3.11. The molecule has 0 bridgehead atoms. The van der Waals surface area contributed by atoms with Crippen LogP contribution in [-0.4, -0.2) is 44.9 Å². The van der Waals surface area contributed by atoms with Crippen molar-refractivity contribution in [2.45, 2.75) is 31.1 Å². The molecule has 0 spiro atoms. The number of anilines is 1. The Morgan fingerprint density at radius 3 is 2.14 bits per heavy atom. The second kappa shape index (κ2) is 9.76. The van der Waals surface area contributed by atoms with Crippen LogP contribution in [0.3, 0.4) is 0 Å². The molecule has 0 unspecified atom stereocenters. The molecule has 8 heteroatoms. The van der Waals surface area contributed by atoms with Crippen LogP contribution in [0.5, 0.6) is 11.5 Å². The number of sulfonamides is 1. The molecule has 0 radical (unpaired) electrons. The van der Waals surface area contributed by atoms with E-state index in [0.29, 0.717) is 31.1 Å². The number of benzene rings is 2. The van der Waals surface area contributed by atoms with Crippen LogP contribution in [0.4, 0.5) is 5.69 Å². The number of carbonyl (C=O) groups excluding carboxylic acids is 1. The van der Waals surface area contributed by atoms with Gasteiger partial charge < -0.3 is 14.8 Å². The Hall–Kier alpha value is -2.58. The van der Waals surface area contributed by atoms with Crippen LogP contribution in [-0.2, 0) is 14.8 Å². The van der Waals surface area contributed by atoms with Crippen LogP contribution in [0, 0.1) is 0 Å². The van der Waals surface area contributed by atoms with Crippen LogP contribution in [0.2, 0.25) is 0 Å². The molecule has 1 aliphatic heterocycles. The van der Waals surface area contributed by atoms with Crippen molar-refractivity contribution < 1.29 is 22.7 Å². The highest BCUT2D eigenvalue weighted by atomic mass is 32.2. The largest absolute Gasteiger partial charge is 0.494 e. The van der Waals surface area contributed by atoms with Gasteiger partial charge in [0, 0.05) is 18.8 Å². The highest BCUT2D eigenvalue weighted by molar-refractivity contribution is 7.89. The van der Waals surface area contributed by atoms with Gasteiger partial charge >= 0.3 is 0 Å². The average Bonchev–Trinajstić information content (AvgIpc) is 2.75. The molecule has 0 saturated carbocycles. The zero-order valence-corrected chi connectivity index (χ0v) is 17.3. The Morgan fingerprint density at radius 1 is 0.931 bits per heavy atom. The molecule has 1 saturated heterocycles. The summed E-state index contributed by atoms with van der Waals surface area (Å²) in [6.07, 6.45) is 2.85. The van der Waals surface area contributed by atoms with E-state index in [2.05, 4.69) is 5.32 Å². The van der Waals surface area contributed by atoms with Crippen molar-refractivity contribution in [3.63, 3.8) is 0 Å². The number of amides is 1. The van der Waals surface area contributed by atoms with E-state index in [1.165, 1.54) is 16.4 Å². The molecule has 29 heavy (non-hydrogen) atoms. The minimum Gasteiger partial charge on any atom is -0.494 e. The molecule has 2 aromatic rings. The van der Waals surface area contributed by atoms with E-state index in [1.807, 2.05) is 6.92 Å². The molecule has 0 atom stereocenters. The first-order valence-corrected chi connectivity index (χ1v) is 11.2. The third kappa shape index (κ3) is 5.71. The van der Waals surface area contributed by atoms with E-state index in [4.69, 9.17) is 9.47 Å². The SMILES string of the molecule is CCOc1ccc(NC(=O)COc2ccc(S(=O)(=O)N3CCCCC3)cc2)cc1. The number of piperidine rings is 1. The number of nitrogens with one attached hydrogen (secondary N) is 1. The molecule has 7 nitrogen and oxygen atoms in total. The first-order chi connectivity index (χ1) is 14.0. The fraction of sp³-hybridized carbons (Fsp3) is 0.381. The zero-order chi connectivity index (χ0) is 20.7. The quantitative estimate of drug-likeness (QED) is 0.711. The van der Waals surface area contributed by atoms with E-state index >= 15 is 0 Å². The van der Waals surface area contributed by atoms with Crippen molar-refractivity contribution in [1.29, 1.82) is 0 Å². The second-order valence-corrected chi connectivity index (χ2v) is 8.67. The third-order valence-corrected chi connectivity index (χ3v) is 6.51. The van der Waals surface area contributed by atoms with Gasteiger partial charge in [0.1, 0.15) is 11.5 Å². The fourth-order valence-corrected chi connectivity index (χ4v) is 4.63. The second-order valence-electron chi connectivity index (χ2n) is 6.73. The normalized spacial score (nSPS) is 14.9. The highest BCUT2D eigenvalue weighted by Gasteiger charge is 2.25. The van der Waals surface area contributed by atoms with Gasteiger partial charge in [-0.1, -0.05) is 6.42 Å². The van der Waals surface area contributed by atoms with E-state index < -0.39 is 10.0 Å². The summed E-state index contributed by atoms with van der Waals surface area (Å²) in [6, 6.07) is 13.2. The lowest BCUT2D eigenvalue weighted by molar-refractivity contribution is -0.118. The molecule has 1 aliphatic rings. The van der Waals surface area contributed by atoms with Gasteiger partial charge in [0.05, 0.1) is 11.5 Å². The Kier molecular flexibility index (Phi) is 7.11. The average molecular weight is 419 g/mol. The Bertz CT molecular complexity index is 905. The van der Waals surface area contributed by atoms with Gasteiger partial charge in [-0.05, 0) is 68.3 Å². The van der Waals surface area contributed by atoms with Crippen molar-refractivity contribution in [3.05, 3.63) is 48.5 Å². The number of rotatable bonds is 8. The first kappa shape index (κ1) is 21.1. The molecule has 0 aromatic heterocycles. The van der Waals surface area contributed by atoms with Crippen molar-refractivity contribution >= 4 is 21.6 Å².